The SMILES string of the molecule is Cc1cc(C2CN(C(=O)c3cnn4cccnc34)CCO2)ccn1. The second kappa shape index (κ2) is 6.01. The van der Waals surface area contributed by atoms with Crippen molar-refractivity contribution in [2.24, 2.45) is 0 Å². The lowest BCUT2D eigenvalue weighted by molar-refractivity contribution is -0.0228. The highest BCUT2D eigenvalue weighted by atomic mass is 16.5. The molecule has 1 fully saturated rings. The highest BCUT2D eigenvalue weighted by molar-refractivity contribution is 5.99. The van der Waals surface area contributed by atoms with E-state index in [1.165, 1.54) is 0 Å². The van der Waals surface area contributed by atoms with E-state index in [0.29, 0.717) is 30.9 Å². The Bertz CT molecular complexity index is 891. The van der Waals surface area contributed by atoms with E-state index in [2.05, 4.69) is 15.1 Å². The Morgan fingerprint density at radius 1 is 1.33 bits per heavy atom. The van der Waals surface area contributed by atoms with Gasteiger partial charge in [0, 0.05) is 30.8 Å². The minimum Gasteiger partial charge on any atom is -0.370 e. The summed E-state index contributed by atoms with van der Waals surface area (Å²) in [4.78, 5) is 23.2. The molecular formula is C17H17N5O2. The number of nitrogens with zero attached hydrogens (tertiary/aromatic N) is 5. The molecule has 0 radical (unpaired) electrons. The van der Waals surface area contributed by atoms with Gasteiger partial charge in [0.25, 0.3) is 5.91 Å². The first-order valence-electron chi connectivity index (χ1n) is 7.84. The van der Waals surface area contributed by atoms with Crippen LogP contribution in [-0.2, 0) is 4.74 Å². The van der Waals surface area contributed by atoms with Gasteiger partial charge in [0.05, 0.1) is 19.3 Å². The number of pyridine rings is 1. The second-order valence-electron chi connectivity index (χ2n) is 5.79. The molecule has 0 aromatic carbocycles. The molecule has 4 heterocycles. The van der Waals surface area contributed by atoms with Crippen LogP contribution in [0.3, 0.4) is 0 Å². The molecular weight excluding hydrogens is 306 g/mol. The molecule has 3 aromatic heterocycles. The first kappa shape index (κ1) is 14.8. The van der Waals surface area contributed by atoms with Gasteiger partial charge < -0.3 is 9.64 Å². The maximum atomic E-state index is 12.9. The Morgan fingerprint density at radius 3 is 3.12 bits per heavy atom. The summed E-state index contributed by atoms with van der Waals surface area (Å²) in [5.41, 5.74) is 3.07. The van der Waals surface area contributed by atoms with Gasteiger partial charge in [0.2, 0.25) is 0 Å². The van der Waals surface area contributed by atoms with Gasteiger partial charge in [-0.3, -0.25) is 9.78 Å². The summed E-state index contributed by atoms with van der Waals surface area (Å²) in [5, 5.41) is 4.19. The highest BCUT2D eigenvalue weighted by Crippen LogP contribution is 2.24. The molecule has 4 rings (SSSR count). The number of ether oxygens (including phenoxy) is 1. The largest absolute Gasteiger partial charge is 0.370 e. The monoisotopic (exact) mass is 323 g/mol. The van der Waals surface area contributed by atoms with Crippen LogP contribution in [0.1, 0.15) is 27.7 Å². The lowest BCUT2D eigenvalue weighted by atomic mass is 10.1. The second-order valence-corrected chi connectivity index (χ2v) is 5.79. The number of hydrogen-bond donors (Lipinski definition) is 0. The van der Waals surface area contributed by atoms with Crippen LogP contribution in [0.5, 0.6) is 0 Å². The third kappa shape index (κ3) is 2.63. The molecule has 0 spiro atoms. The minimum atomic E-state index is -0.140. The van der Waals surface area contributed by atoms with Crippen LogP contribution in [0.2, 0.25) is 0 Å². The summed E-state index contributed by atoms with van der Waals surface area (Å²) in [6.07, 6.45) is 6.64. The predicted molar refractivity (Wildman–Crippen MR) is 86.6 cm³/mol. The first-order valence-corrected chi connectivity index (χ1v) is 7.84. The normalized spacial score (nSPS) is 18.0. The smallest absolute Gasteiger partial charge is 0.259 e. The Morgan fingerprint density at radius 2 is 2.25 bits per heavy atom. The van der Waals surface area contributed by atoms with Crippen LogP contribution in [0.15, 0.2) is 43.0 Å². The van der Waals surface area contributed by atoms with E-state index in [1.807, 2.05) is 19.1 Å². The van der Waals surface area contributed by atoms with Crippen molar-refractivity contribution >= 4 is 11.6 Å². The molecule has 1 amide bonds. The third-order valence-electron chi connectivity index (χ3n) is 4.16. The number of morpholine rings is 1. The molecule has 3 aromatic rings. The molecule has 1 unspecified atom stereocenters. The van der Waals surface area contributed by atoms with Crippen molar-refractivity contribution < 1.29 is 9.53 Å². The maximum Gasteiger partial charge on any atom is 0.259 e. The molecule has 0 saturated carbocycles. The Kier molecular flexibility index (Phi) is 3.70. The fourth-order valence-electron chi connectivity index (χ4n) is 2.95. The van der Waals surface area contributed by atoms with E-state index < -0.39 is 0 Å². The Hall–Kier alpha value is -2.80. The fraction of sp³-hybridized carbons (Fsp3) is 0.294. The molecule has 24 heavy (non-hydrogen) atoms. The van der Waals surface area contributed by atoms with Crippen molar-refractivity contribution in [1.29, 1.82) is 0 Å². The van der Waals surface area contributed by atoms with Gasteiger partial charge in [0.1, 0.15) is 11.7 Å². The minimum absolute atomic E-state index is 0.0669. The van der Waals surface area contributed by atoms with Crippen molar-refractivity contribution in [3.05, 3.63) is 59.8 Å². The molecule has 0 N–H and O–H groups in total. The van der Waals surface area contributed by atoms with E-state index in [1.54, 1.807) is 40.3 Å². The van der Waals surface area contributed by atoms with Crippen LogP contribution in [0.25, 0.3) is 5.65 Å². The Labute approximate surface area is 138 Å². The third-order valence-corrected chi connectivity index (χ3v) is 4.16. The lowest BCUT2D eigenvalue weighted by Crippen LogP contribution is -2.42. The van der Waals surface area contributed by atoms with Gasteiger partial charge in [-0.25, -0.2) is 9.50 Å². The molecule has 0 aliphatic carbocycles. The number of amides is 1. The van der Waals surface area contributed by atoms with E-state index in [9.17, 15) is 4.79 Å². The quantitative estimate of drug-likeness (QED) is 0.717. The molecule has 7 heteroatoms. The van der Waals surface area contributed by atoms with Gasteiger partial charge >= 0.3 is 0 Å². The van der Waals surface area contributed by atoms with E-state index >= 15 is 0 Å². The molecule has 1 saturated heterocycles. The first-order chi connectivity index (χ1) is 11.7. The standard InChI is InChI=1S/C17H17N5O2/c1-12-9-13(3-5-18-12)15-11-21(7-8-24-15)17(23)14-10-20-22-6-2-4-19-16(14)22/h2-6,9-10,15H,7-8,11H2,1H3. The summed E-state index contributed by atoms with van der Waals surface area (Å²) in [6.45, 7) is 3.51. The number of carbonyl (C=O) groups excluding carboxylic acids is 1. The van der Waals surface area contributed by atoms with Crippen molar-refractivity contribution in [1.82, 2.24) is 24.5 Å². The van der Waals surface area contributed by atoms with Crippen LogP contribution in [-0.4, -0.2) is 50.1 Å². The predicted octanol–water partition coefficient (Wildman–Crippen LogP) is 1.65. The molecule has 0 bridgehead atoms. The summed E-state index contributed by atoms with van der Waals surface area (Å²) in [5.74, 6) is -0.0669. The average molecular weight is 323 g/mol. The van der Waals surface area contributed by atoms with Gasteiger partial charge in [-0.05, 0) is 30.7 Å². The average Bonchev–Trinajstić information content (AvgIpc) is 3.05. The number of hydrogen-bond acceptors (Lipinski definition) is 5. The maximum absolute atomic E-state index is 12.9. The lowest BCUT2D eigenvalue weighted by Gasteiger charge is -2.33. The van der Waals surface area contributed by atoms with Crippen molar-refractivity contribution in [2.75, 3.05) is 19.7 Å². The highest BCUT2D eigenvalue weighted by Gasteiger charge is 2.28. The zero-order chi connectivity index (χ0) is 16.5. The fourth-order valence-corrected chi connectivity index (χ4v) is 2.95. The summed E-state index contributed by atoms with van der Waals surface area (Å²) >= 11 is 0. The molecule has 1 aliphatic heterocycles. The van der Waals surface area contributed by atoms with Gasteiger partial charge in [0.15, 0.2) is 5.65 Å². The number of aromatic nitrogens is 4. The number of rotatable bonds is 2. The molecule has 1 atom stereocenters. The Balaban J connectivity index is 1.58. The zero-order valence-electron chi connectivity index (χ0n) is 13.3. The van der Waals surface area contributed by atoms with Gasteiger partial charge in [-0.15, -0.1) is 0 Å². The van der Waals surface area contributed by atoms with E-state index in [4.69, 9.17) is 4.74 Å². The molecule has 122 valence electrons. The molecule has 1 aliphatic rings. The van der Waals surface area contributed by atoms with Crippen LogP contribution >= 0.6 is 0 Å². The zero-order valence-corrected chi connectivity index (χ0v) is 13.3. The van der Waals surface area contributed by atoms with Crippen LogP contribution in [0.4, 0.5) is 0 Å². The van der Waals surface area contributed by atoms with Gasteiger partial charge in [-0.2, -0.15) is 5.10 Å². The van der Waals surface area contributed by atoms with E-state index in [-0.39, 0.29) is 12.0 Å². The van der Waals surface area contributed by atoms with Gasteiger partial charge in [-0.1, -0.05) is 0 Å². The van der Waals surface area contributed by atoms with Crippen molar-refractivity contribution in [3.8, 4) is 0 Å². The summed E-state index contributed by atoms with van der Waals surface area (Å²) < 4.78 is 7.45. The summed E-state index contributed by atoms with van der Waals surface area (Å²) in [7, 11) is 0. The van der Waals surface area contributed by atoms with E-state index in [0.717, 1.165) is 11.3 Å². The number of carbonyl (C=O) groups is 1. The number of aryl methyl sites for hydroxylation is 1. The molecule has 7 nitrogen and oxygen atoms in total. The van der Waals surface area contributed by atoms with Crippen LogP contribution in [0, 0.1) is 6.92 Å². The van der Waals surface area contributed by atoms with Crippen LogP contribution < -0.4 is 0 Å². The number of fused-ring (bicyclic) bond motifs is 1. The topological polar surface area (TPSA) is 72.6 Å². The summed E-state index contributed by atoms with van der Waals surface area (Å²) in [6, 6.07) is 5.71. The van der Waals surface area contributed by atoms with Crippen molar-refractivity contribution in [2.45, 2.75) is 13.0 Å². The van der Waals surface area contributed by atoms with Crippen molar-refractivity contribution in [3.63, 3.8) is 0 Å².